The number of aryl methyl sites for hydroxylation is 2. The van der Waals surface area contributed by atoms with Gasteiger partial charge in [-0.05, 0) is 54.7 Å². The summed E-state index contributed by atoms with van der Waals surface area (Å²) in [5, 5.41) is 2.72. The van der Waals surface area contributed by atoms with E-state index in [0.29, 0.717) is 0 Å². The molecule has 0 aliphatic carbocycles. The predicted molar refractivity (Wildman–Crippen MR) is 168 cm³/mol. The van der Waals surface area contributed by atoms with Crippen LogP contribution in [0.1, 0.15) is 127 Å². The minimum absolute atomic E-state index is 0.831. The maximum atomic E-state index is 10.8. The fraction of sp³-hybridized carbons (Fsp3) is 0.556. The standard InChI is InChI=1S/C30H40N2.2C3H7.Ni/c1-3-5-6-7-8-9-10-11-12-13-14-26-17-21-28(22-18-26)30-24-23-29(32(30)31)27-19-15-25(4-2)16-20-27;2*1-3-2;/h15-24H,3-14H2,1-2H3;2*1,3H2,2H3;. The molecule has 0 amide bonds. The summed E-state index contributed by atoms with van der Waals surface area (Å²) in [5.74, 6) is 0. The molecule has 0 spiro atoms. The van der Waals surface area contributed by atoms with Crippen LogP contribution >= 0.6 is 0 Å². The third-order valence-electron chi connectivity index (χ3n) is 7.12. The van der Waals surface area contributed by atoms with E-state index in [9.17, 15) is 5.53 Å². The van der Waals surface area contributed by atoms with Crippen molar-refractivity contribution in [2.45, 2.75) is 128 Å². The monoisotopic (exact) mass is 572 g/mol. The molecular weight excluding hydrogens is 519 g/mol. The third-order valence-corrected chi connectivity index (χ3v) is 8.81. The SMILES string of the molecule is CCCCCCCCCCCCc1ccc(C2=CC=C(c3ccc(CC)cc3)[N+]2=[N-])cc1.CC[CH2][Ni][CH2]CC. The first-order valence-electron chi connectivity index (χ1n) is 15.7. The fourth-order valence-electron chi connectivity index (χ4n) is 4.74. The normalized spacial score (nSPS) is 12.8. The molecule has 39 heavy (non-hydrogen) atoms. The third kappa shape index (κ3) is 12.8. The molecule has 0 unspecified atom stereocenters. The molecular formula is C36H54N2Ni. The van der Waals surface area contributed by atoms with Crippen molar-refractivity contribution in [1.29, 1.82) is 0 Å². The first-order chi connectivity index (χ1) is 19.1. The fourth-order valence-corrected chi connectivity index (χ4v) is 5.68. The molecule has 3 rings (SSSR count). The Labute approximate surface area is 246 Å². The van der Waals surface area contributed by atoms with Gasteiger partial charge in [-0.2, -0.15) is 0 Å². The quantitative estimate of drug-likeness (QED) is 0.0963. The molecule has 2 aromatic carbocycles. The van der Waals surface area contributed by atoms with Crippen LogP contribution < -0.4 is 0 Å². The van der Waals surface area contributed by atoms with Gasteiger partial charge in [-0.1, -0.05) is 95.9 Å². The predicted octanol–water partition coefficient (Wildman–Crippen LogP) is 11.9. The number of rotatable bonds is 18. The van der Waals surface area contributed by atoms with Crippen molar-refractivity contribution in [3.05, 3.63) is 88.5 Å². The summed E-state index contributed by atoms with van der Waals surface area (Å²) in [6.45, 7) is 8.89. The Morgan fingerprint density at radius 2 is 0.974 bits per heavy atom. The van der Waals surface area contributed by atoms with Crippen LogP contribution in [0.2, 0.25) is 10.8 Å². The zero-order valence-corrected chi connectivity index (χ0v) is 26.3. The number of hydrogen-bond acceptors (Lipinski definition) is 0. The maximum absolute atomic E-state index is 10.8. The van der Waals surface area contributed by atoms with Crippen LogP contribution in [0.5, 0.6) is 0 Å². The molecule has 0 atom stereocenters. The van der Waals surface area contributed by atoms with E-state index >= 15 is 0 Å². The molecule has 0 saturated heterocycles. The molecule has 0 radical (unpaired) electrons. The first-order valence-corrected chi connectivity index (χ1v) is 17.1. The summed E-state index contributed by atoms with van der Waals surface area (Å²) in [6, 6.07) is 17.1. The van der Waals surface area contributed by atoms with E-state index in [4.69, 9.17) is 0 Å². The van der Waals surface area contributed by atoms with E-state index in [2.05, 4.69) is 76.2 Å². The molecule has 0 bridgehead atoms. The topological polar surface area (TPSA) is 25.3 Å². The molecule has 218 valence electrons. The van der Waals surface area contributed by atoms with Crippen molar-refractivity contribution in [2.75, 3.05) is 0 Å². The van der Waals surface area contributed by atoms with Gasteiger partial charge in [0.15, 0.2) is 0 Å². The van der Waals surface area contributed by atoms with Crippen molar-refractivity contribution < 1.29 is 19.1 Å². The van der Waals surface area contributed by atoms with E-state index in [1.807, 2.05) is 26.6 Å². The van der Waals surface area contributed by atoms with Crippen LogP contribution in [-0.2, 0) is 27.3 Å². The second kappa shape index (κ2) is 20.9. The molecule has 1 aliphatic heterocycles. The van der Waals surface area contributed by atoms with E-state index < -0.39 is 0 Å². The van der Waals surface area contributed by atoms with Crippen LogP contribution in [0, 0.1) is 0 Å². The van der Waals surface area contributed by atoms with Crippen molar-refractivity contribution >= 4 is 11.4 Å². The second-order valence-electron chi connectivity index (χ2n) is 10.6. The van der Waals surface area contributed by atoms with Gasteiger partial charge in [-0.3, -0.25) is 0 Å². The summed E-state index contributed by atoms with van der Waals surface area (Å²) in [5.41, 5.74) is 17.2. The second-order valence-corrected chi connectivity index (χ2v) is 12.1. The molecule has 0 saturated carbocycles. The number of allylic oxidation sites excluding steroid dienone is 2. The minimum atomic E-state index is 0.831. The number of nitrogens with zero attached hydrogens (tertiary/aromatic N) is 2. The van der Waals surface area contributed by atoms with Crippen LogP contribution in [0.4, 0.5) is 0 Å². The van der Waals surface area contributed by atoms with Gasteiger partial charge < -0.3 is 5.53 Å². The Hall–Kier alpha value is -1.99. The van der Waals surface area contributed by atoms with Crippen LogP contribution in [0.3, 0.4) is 0 Å². The number of benzene rings is 2. The Kier molecular flexibility index (Phi) is 17.8. The van der Waals surface area contributed by atoms with Gasteiger partial charge in [0.1, 0.15) is 0 Å². The van der Waals surface area contributed by atoms with Gasteiger partial charge in [-0.15, -0.1) is 0 Å². The molecule has 2 aromatic rings. The Balaban J connectivity index is 0.000000673. The summed E-state index contributed by atoms with van der Waals surface area (Å²) in [7, 11) is 0. The summed E-state index contributed by atoms with van der Waals surface area (Å²) < 4.78 is 1.32. The molecule has 2 nitrogen and oxygen atoms in total. The Morgan fingerprint density at radius 1 is 0.538 bits per heavy atom. The average molecular weight is 574 g/mol. The van der Waals surface area contributed by atoms with Gasteiger partial charge in [0.2, 0.25) is 11.4 Å². The van der Waals surface area contributed by atoms with Crippen molar-refractivity contribution in [1.82, 2.24) is 0 Å². The molecule has 3 heteroatoms. The summed E-state index contributed by atoms with van der Waals surface area (Å²) >= 11 is 1.90. The van der Waals surface area contributed by atoms with Crippen LogP contribution in [0.15, 0.2) is 60.7 Å². The average Bonchev–Trinajstić information content (AvgIpc) is 3.36. The zero-order chi connectivity index (χ0) is 28.1. The van der Waals surface area contributed by atoms with Crippen LogP contribution in [0.25, 0.3) is 16.9 Å². The van der Waals surface area contributed by atoms with E-state index in [-0.39, 0.29) is 0 Å². The van der Waals surface area contributed by atoms with Crippen LogP contribution in [-0.4, -0.2) is 4.70 Å². The Morgan fingerprint density at radius 3 is 1.41 bits per heavy atom. The van der Waals surface area contributed by atoms with E-state index in [0.717, 1.165) is 35.4 Å². The van der Waals surface area contributed by atoms with Gasteiger partial charge in [0.25, 0.3) is 0 Å². The molecule has 0 fully saturated rings. The first kappa shape index (κ1) is 33.2. The van der Waals surface area contributed by atoms with Gasteiger partial charge in [-0.25, -0.2) is 4.70 Å². The van der Waals surface area contributed by atoms with E-state index in [1.165, 1.54) is 104 Å². The summed E-state index contributed by atoms with van der Waals surface area (Å²) in [6.07, 6.45) is 22.6. The molecule has 1 heterocycles. The van der Waals surface area contributed by atoms with Crippen molar-refractivity contribution in [3.63, 3.8) is 0 Å². The van der Waals surface area contributed by atoms with Crippen molar-refractivity contribution in [3.8, 4) is 0 Å². The summed E-state index contributed by atoms with van der Waals surface area (Å²) in [4.78, 5) is 0. The van der Waals surface area contributed by atoms with Gasteiger partial charge in [0, 0.05) is 23.3 Å². The molecule has 0 aromatic heterocycles. The van der Waals surface area contributed by atoms with Gasteiger partial charge in [0.05, 0.1) is 0 Å². The number of unbranched alkanes of at least 4 members (excludes halogenated alkanes) is 9. The molecule has 1 aliphatic rings. The van der Waals surface area contributed by atoms with Gasteiger partial charge >= 0.3 is 51.9 Å². The van der Waals surface area contributed by atoms with E-state index in [1.54, 1.807) is 0 Å². The zero-order valence-electron chi connectivity index (χ0n) is 25.3. The van der Waals surface area contributed by atoms with Crippen molar-refractivity contribution in [2.24, 2.45) is 0 Å². The molecule has 0 N–H and O–H groups in total. The number of hydrogen-bond donors (Lipinski definition) is 0. The Bertz CT molecular complexity index is 982.